The molecule has 1 aliphatic rings. The van der Waals surface area contributed by atoms with Crippen LogP contribution in [-0.4, -0.2) is 57.1 Å². The van der Waals surface area contributed by atoms with Crippen molar-refractivity contribution in [1.29, 1.82) is 0 Å². The van der Waals surface area contributed by atoms with Crippen molar-refractivity contribution < 1.29 is 9.53 Å². The fourth-order valence-corrected chi connectivity index (χ4v) is 3.31. The van der Waals surface area contributed by atoms with Crippen LogP contribution in [-0.2, 0) is 11.2 Å². The maximum atomic E-state index is 13.0. The van der Waals surface area contributed by atoms with Gasteiger partial charge in [0.1, 0.15) is 5.75 Å². The Morgan fingerprint density at radius 3 is 3.08 bits per heavy atom. The monoisotopic (exact) mass is 352 g/mol. The van der Waals surface area contributed by atoms with E-state index < -0.39 is 0 Å². The molecule has 1 saturated heterocycles. The third-order valence-electron chi connectivity index (χ3n) is 4.53. The molecule has 1 N–H and O–H groups in total. The van der Waals surface area contributed by atoms with Crippen LogP contribution in [0.15, 0.2) is 42.7 Å². The minimum absolute atomic E-state index is 0.00156. The summed E-state index contributed by atoms with van der Waals surface area (Å²) >= 11 is 0. The predicted molar refractivity (Wildman–Crippen MR) is 94.8 cm³/mol. The highest BCUT2D eigenvalue weighted by Gasteiger charge is 2.30. The van der Waals surface area contributed by atoms with Gasteiger partial charge in [-0.25, -0.2) is 9.50 Å². The lowest BCUT2D eigenvalue weighted by Gasteiger charge is -2.37. The molecule has 1 aromatic carbocycles. The molecule has 1 atom stereocenters. The molecule has 0 spiro atoms. The minimum atomic E-state index is -0.0810. The first-order valence-electron chi connectivity index (χ1n) is 8.55. The smallest absolute Gasteiger partial charge is 0.252 e. The number of amides is 1. The van der Waals surface area contributed by atoms with Gasteiger partial charge in [-0.1, -0.05) is 18.2 Å². The van der Waals surface area contributed by atoms with Gasteiger partial charge in [0.05, 0.1) is 19.6 Å². The lowest BCUT2D eigenvalue weighted by atomic mass is 10.0. The van der Waals surface area contributed by atoms with E-state index in [-0.39, 0.29) is 18.4 Å². The normalized spacial score (nSPS) is 17.4. The Hall–Kier alpha value is -3.00. The van der Waals surface area contributed by atoms with Gasteiger partial charge in [0.25, 0.3) is 5.78 Å². The number of hydrogen-bond acceptors (Lipinski definition) is 6. The molecule has 1 fully saturated rings. The van der Waals surface area contributed by atoms with Gasteiger partial charge >= 0.3 is 0 Å². The largest absolute Gasteiger partial charge is 0.496 e. The van der Waals surface area contributed by atoms with Gasteiger partial charge in [-0.2, -0.15) is 4.98 Å². The summed E-state index contributed by atoms with van der Waals surface area (Å²) < 4.78 is 7.06. The molecule has 3 heterocycles. The first-order chi connectivity index (χ1) is 12.8. The topological polar surface area (TPSA) is 84.6 Å². The van der Waals surface area contributed by atoms with E-state index >= 15 is 0 Å². The van der Waals surface area contributed by atoms with Crippen molar-refractivity contribution in [3.8, 4) is 5.75 Å². The molecule has 4 rings (SSSR count). The standard InChI is InChI=1S/C18H20N6O2/c1-26-15-6-3-2-5-13(15)14-12-19-8-10-23(14)17(25)11-16-21-18-20-7-4-9-24(18)22-16/h2-7,9,14,19H,8,10-12H2,1H3. The molecule has 8 heteroatoms. The van der Waals surface area contributed by atoms with E-state index in [9.17, 15) is 4.79 Å². The van der Waals surface area contributed by atoms with Gasteiger partial charge in [0.15, 0.2) is 5.82 Å². The van der Waals surface area contributed by atoms with E-state index in [2.05, 4.69) is 20.4 Å². The molecule has 1 amide bonds. The summed E-state index contributed by atoms with van der Waals surface area (Å²) in [5, 5.41) is 7.69. The van der Waals surface area contributed by atoms with Crippen molar-refractivity contribution in [2.45, 2.75) is 12.5 Å². The summed E-state index contributed by atoms with van der Waals surface area (Å²) in [6, 6.07) is 9.51. The number of carbonyl (C=O) groups excluding carboxylic acids is 1. The number of benzene rings is 1. The van der Waals surface area contributed by atoms with Crippen LogP contribution >= 0.6 is 0 Å². The fourth-order valence-electron chi connectivity index (χ4n) is 3.31. The second-order valence-corrected chi connectivity index (χ2v) is 6.12. The minimum Gasteiger partial charge on any atom is -0.496 e. The molecule has 0 saturated carbocycles. The lowest BCUT2D eigenvalue weighted by molar-refractivity contribution is -0.134. The first-order valence-corrected chi connectivity index (χ1v) is 8.55. The van der Waals surface area contributed by atoms with Crippen molar-refractivity contribution in [2.75, 3.05) is 26.7 Å². The molecule has 0 aliphatic carbocycles. The summed E-state index contributed by atoms with van der Waals surface area (Å²) in [5.74, 6) is 1.76. The van der Waals surface area contributed by atoms with Crippen molar-refractivity contribution in [3.63, 3.8) is 0 Å². The number of nitrogens with one attached hydrogen (secondary N) is 1. The number of methoxy groups -OCH3 is 1. The Balaban J connectivity index is 1.58. The lowest BCUT2D eigenvalue weighted by Crippen LogP contribution is -2.49. The molecule has 2 aromatic heterocycles. The molecule has 134 valence electrons. The van der Waals surface area contributed by atoms with Crippen LogP contribution in [0.2, 0.25) is 0 Å². The molecule has 1 unspecified atom stereocenters. The number of hydrogen-bond donors (Lipinski definition) is 1. The van der Waals surface area contributed by atoms with Crippen LogP contribution in [0.5, 0.6) is 5.75 Å². The zero-order valence-electron chi connectivity index (χ0n) is 14.5. The number of piperazine rings is 1. The number of aromatic nitrogens is 4. The molecule has 0 radical (unpaired) electrons. The van der Waals surface area contributed by atoms with Crippen LogP contribution in [0.1, 0.15) is 17.4 Å². The van der Waals surface area contributed by atoms with Gasteiger partial charge in [-0.05, 0) is 12.1 Å². The van der Waals surface area contributed by atoms with Crippen molar-refractivity contribution in [1.82, 2.24) is 29.8 Å². The van der Waals surface area contributed by atoms with Gasteiger partial charge in [-0.15, -0.1) is 5.10 Å². The van der Waals surface area contributed by atoms with Gasteiger partial charge < -0.3 is 15.0 Å². The maximum absolute atomic E-state index is 13.0. The first kappa shape index (κ1) is 16.5. The van der Waals surface area contributed by atoms with Crippen LogP contribution in [0.3, 0.4) is 0 Å². The van der Waals surface area contributed by atoms with Crippen molar-refractivity contribution in [2.24, 2.45) is 0 Å². The highest BCUT2D eigenvalue weighted by atomic mass is 16.5. The summed E-state index contributed by atoms with van der Waals surface area (Å²) in [6.07, 6.45) is 3.57. The molecular weight excluding hydrogens is 332 g/mol. The van der Waals surface area contributed by atoms with E-state index in [0.717, 1.165) is 17.9 Å². The third kappa shape index (κ3) is 3.11. The van der Waals surface area contributed by atoms with Crippen LogP contribution in [0, 0.1) is 0 Å². The summed E-state index contributed by atoms with van der Waals surface area (Å²) in [6.45, 7) is 2.08. The number of fused-ring (bicyclic) bond motifs is 1. The van der Waals surface area contributed by atoms with Crippen LogP contribution in [0.25, 0.3) is 5.78 Å². The van der Waals surface area contributed by atoms with Crippen molar-refractivity contribution in [3.05, 3.63) is 54.1 Å². The zero-order chi connectivity index (χ0) is 17.9. The summed E-state index contributed by atoms with van der Waals surface area (Å²) in [5.41, 5.74) is 1.00. The second-order valence-electron chi connectivity index (χ2n) is 6.12. The van der Waals surface area contributed by atoms with Gasteiger partial charge in [-0.3, -0.25) is 4.79 Å². The third-order valence-corrected chi connectivity index (χ3v) is 4.53. The predicted octanol–water partition coefficient (Wildman–Crippen LogP) is 0.848. The van der Waals surface area contributed by atoms with Gasteiger partial charge in [0, 0.05) is 37.6 Å². The average Bonchev–Trinajstić information content (AvgIpc) is 3.10. The molecule has 1 aliphatic heterocycles. The van der Waals surface area contributed by atoms with E-state index in [0.29, 0.717) is 24.7 Å². The Kier molecular flexibility index (Phi) is 4.49. The highest BCUT2D eigenvalue weighted by Crippen LogP contribution is 2.30. The Morgan fingerprint density at radius 1 is 1.35 bits per heavy atom. The number of nitrogens with zero attached hydrogens (tertiary/aromatic N) is 5. The van der Waals surface area contributed by atoms with E-state index in [1.54, 1.807) is 30.1 Å². The van der Waals surface area contributed by atoms with E-state index in [1.165, 1.54) is 0 Å². The Labute approximate surface area is 150 Å². The number of rotatable bonds is 4. The number of carbonyl (C=O) groups is 1. The maximum Gasteiger partial charge on any atom is 0.252 e. The van der Waals surface area contributed by atoms with E-state index in [1.807, 2.05) is 29.2 Å². The SMILES string of the molecule is COc1ccccc1C1CNCCN1C(=O)Cc1nc2ncccn2n1. The van der Waals surface area contributed by atoms with E-state index in [4.69, 9.17) is 4.74 Å². The van der Waals surface area contributed by atoms with Gasteiger partial charge in [0.2, 0.25) is 5.91 Å². The molecule has 8 nitrogen and oxygen atoms in total. The quantitative estimate of drug-likeness (QED) is 0.749. The molecule has 0 bridgehead atoms. The zero-order valence-corrected chi connectivity index (χ0v) is 14.5. The average molecular weight is 352 g/mol. The Morgan fingerprint density at radius 2 is 2.23 bits per heavy atom. The fraction of sp³-hybridized carbons (Fsp3) is 0.333. The Bertz CT molecular complexity index is 892. The van der Waals surface area contributed by atoms with Crippen molar-refractivity contribution >= 4 is 11.7 Å². The number of ether oxygens (including phenoxy) is 1. The van der Waals surface area contributed by atoms with Crippen LogP contribution < -0.4 is 10.1 Å². The molecule has 26 heavy (non-hydrogen) atoms. The molecular formula is C18H20N6O2. The summed E-state index contributed by atoms with van der Waals surface area (Å²) in [7, 11) is 1.65. The highest BCUT2D eigenvalue weighted by molar-refractivity contribution is 5.79. The van der Waals surface area contributed by atoms with Crippen LogP contribution in [0.4, 0.5) is 0 Å². The summed E-state index contributed by atoms with van der Waals surface area (Å²) in [4.78, 5) is 23.3. The molecule has 3 aromatic rings. The second kappa shape index (κ2) is 7.09. The number of para-hydroxylation sites is 1.